The van der Waals surface area contributed by atoms with Crippen LogP contribution in [0, 0.1) is 6.92 Å². The Bertz CT molecular complexity index is 1180. The van der Waals surface area contributed by atoms with Crippen LogP contribution in [0.25, 0.3) is 0 Å². The number of benzene rings is 2. The van der Waals surface area contributed by atoms with Gasteiger partial charge in [0, 0.05) is 18.9 Å². The number of rotatable bonds is 6. The van der Waals surface area contributed by atoms with Crippen LogP contribution in [0.2, 0.25) is 0 Å². The molecule has 0 spiro atoms. The molecular formula is C26H25N3O2. The highest BCUT2D eigenvalue weighted by Crippen LogP contribution is 2.37. The fraction of sp³-hybridized carbons (Fsp3) is 0.231. The average Bonchev–Trinajstić information content (AvgIpc) is 3.55. The van der Waals surface area contributed by atoms with Crippen molar-refractivity contribution >= 4 is 5.91 Å². The van der Waals surface area contributed by atoms with Gasteiger partial charge in [0.1, 0.15) is 5.76 Å². The highest BCUT2D eigenvalue weighted by Gasteiger charge is 2.32. The number of aryl methyl sites for hydroxylation is 2. The number of carbonyl (C=O) groups is 1. The Morgan fingerprint density at radius 3 is 2.74 bits per heavy atom. The highest BCUT2D eigenvalue weighted by molar-refractivity contribution is 5.92. The van der Waals surface area contributed by atoms with Crippen molar-refractivity contribution in [3.63, 3.8) is 0 Å². The molecule has 0 N–H and O–H groups in total. The molecule has 1 unspecified atom stereocenters. The quantitative estimate of drug-likeness (QED) is 0.440. The number of carbonyl (C=O) groups excluding carboxylic acids is 1. The van der Waals surface area contributed by atoms with Crippen molar-refractivity contribution in [1.82, 2.24) is 14.7 Å². The molecule has 2 aromatic carbocycles. The van der Waals surface area contributed by atoms with E-state index in [9.17, 15) is 4.79 Å². The Morgan fingerprint density at radius 2 is 1.94 bits per heavy atom. The summed E-state index contributed by atoms with van der Waals surface area (Å²) >= 11 is 0. The zero-order valence-corrected chi connectivity index (χ0v) is 17.6. The van der Waals surface area contributed by atoms with Gasteiger partial charge in [-0.2, -0.15) is 5.10 Å². The van der Waals surface area contributed by atoms with Crippen LogP contribution in [0.5, 0.6) is 0 Å². The number of aromatic nitrogens is 2. The predicted octanol–water partition coefficient (Wildman–Crippen LogP) is 5.16. The van der Waals surface area contributed by atoms with E-state index in [4.69, 9.17) is 4.42 Å². The lowest BCUT2D eigenvalue weighted by Crippen LogP contribution is -2.33. The molecule has 5 rings (SSSR count). The predicted molar refractivity (Wildman–Crippen MR) is 119 cm³/mol. The van der Waals surface area contributed by atoms with E-state index in [0.717, 1.165) is 18.4 Å². The summed E-state index contributed by atoms with van der Waals surface area (Å²) in [6.07, 6.45) is 5.53. The first-order valence-electron chi connectivity index (χ1n) is 10.7. The largest absolute Gasteiger partial charge is 0.454 e. The van der Waals surface area contributed by atoms with Crippen LogP contribution in [0.4, 0.5) is 0 Å². The number of fused-ring (bicyclic) bond motifs is 1. The molecule has 2 heterocycles. The monoisotopic (exact) mass is 411 g/mol. The van der Waals surface area contributed by atoms with E-state index in [0.29, 0.717) is 24.6 Å². The maximum atomic E-state index is 13.6. The normalized spacial score (nSPS) is 15.1. The standard InChI is InChI=1S/C26H25N3O2/c1-19-7-9-20(10-8-19)17-29(24-13-11-21-5-2-3-6-23(21)24)26(30)25-14-12-22(31-25)18-28-16-4-15-27-28/h2-10,12,14-16,24H,11,13,17-18H2,1H3. The second-order valence-electron chi connectivity index (χ2n) is 8.14. The molecule has 0 saturated carbocycles. The van der Waals surface area contributed by atoms with Gasteiger partial charge < -0.3 is 9.32 Å². The number of amides is 1. The van der Waals surface area contributed by atoms with Crippen LogP contribution in [0.15, 0.2) is 83.5 Å². The van der Waals surface area contributed by atoms with Crippen molar-refractivity contribution in [3.8, 4) is 0 Å². The van der Waals surface area contributed by atoms with Crippen molar-refractivity contribution in [3.05, 3.63) is 113 Å². The summed E-state index contributed by atoms with van der Waals surface area (Å²) in [4.78, 5) is 15.6. The molecule has 31 heavy (non-hydrogen) atoms. The van der Waals surface area contributed by atoms with Crippen LogP contribution in [-0.4, -0.2) is 20.6 Å². The van der Waals surface area contributed by atoms with Crippen LogP contribution >= 0.6 is 0 Å². The molecular weight excluding hydrogens is 386 g/mol. The van der Waals surface area contributed by atoms with Crippen molar-refractivity contribution < 1.29 is 9.21 Å². The average molecular weight is 412 g/mol. The molecule has 5 nitrogen and oxygen atoms in total. The molecule has 1 aliphatic carbocycles. The second kappa shape index (κ2) is 8.26. The van der Waals surface area contributed by atoms with Gasteiger partial charge in [0.05, 0.1) is 12.6 Å². The zero-order chi connectivity index (χ0) is 21.2. The van der Waals surface area contributed by atoms with Gasteiger partial charge in [0.25, 0.3) is 5.91 Å². The van der Waals surface area contributed by atoms with E-state index in [-0.39, 0.29) is 11.9 Å². The molecule has 156 valence electrons. The lowest BCUT2D eigenvalue weighted by atomic mass is 10.0. The molecule has 1 atom stereocenters. The number of hydrogen-bond acceptors (Lipinski definition) is 3. The minimum Gasteiger partial charge on any atom is -0.454 e. The lowest BCUT2D eigenvalue weighted by Gasteiger charge is -2.29. The molecule has 0 saturated heterocycles. The Kier molecular flexibility index (Phi) is 5.16. The summed E-state index contributed by atoms with van der Waals surface area (Å²) < 4.78 is 7.73. The van der Waals surface area contributed by atoms with Crippen molar-refractivity contribution in [1.29, 1.82) is 0 Å². The molecule has 1 aliphatic rings. The Hall–Kier alpha value is -3.60. The highest BCUT2D eigenvalue weighted by atomic mass is 16.4. The summed E-state index contributed by atoms with van der Waals surface area (Å²) in [6, 6.07) is 22.4. The SMILES string of the molecule is Cc1ccc(CN(C(=O)c2ccc(Cn3cccn3)o2)C2CCc3ccccc32)cc1. The molecule has 2 aromatic heterocycles. The minimum absolute atomic E-state index is 0.0460. The van der Waals surface area contributed by atoms with Gasteiger partial charge in [-0.05, 0) is 54.7 Å². The number of hydrogen-bond donors (Lipinski definition) is 0. The zero-order valence-electron chi connectivity index (χ0n) is 17.6. The lowest BCUT2D eigenvalue weighted by molar-refractivity contribution is 0.0623. The summed E-state index contributed by atoms with van der Waals surface area (Å²) in [5.74, 6) is 1.02. The van der Waals surface area contributed by atoms with E-state index in [1.807, 2.05) is 23.2 Å². The van der Waals surface area contributed by atoms with E-state index in [1.165, 1.54) is 16.7 Å². The molecule has 4 aromatic rings. The fourth-order valence-corrected chi connectivity index (χ4v) is 4.35. The molecule has 0 radical (unpaired) electrons. The van der Waals surface area contributed by atoms with Gasteiger partial charge in [-0.3, -0.25) is 9.48 Å². The van der Waals surface area contributed by atoms with Gasteiger partial charge in [-0.25, -0.2) is 0 Å². The van der Waals surface area contributed by atoms with Gasteiger partial charge in [-0.1, -0.05) is 54.1 Å². The number of nitrogens with zero attached hydrogens (tertiary/aromatic N) is 3. The third-order valence-corrected chi connectivity index (χ3v) is 5.96. The van der Waals surface area contributed by atoms with Gasteiger partial charge in [-0.15, -0.1) is 0 Å². The first-order valence-corrected chi connectivity index (χ1v) is 10.7. The number of furan rings is 1. The van der Waals surface area contributed by atoms with Crippen molar-refractivity contribution in [2.75, 3.05) is 0 Å². The first kappa shape index (κ1) is 19.4. The molecule has 1 amide bonds. The van der Waals surface area contributed by atoms with E-state index in [1.54, 1.807) is 16.9 Å². The second-order valence-corrected chi connectivity index (χ2v) is 8.14. The Morgan fingerprint density at radius 1 is 1.10 bits per heavy atom. The van der Waals surface area contributed by atoms with Gasteiger partial charge >= 0.3 is 0 Å². The smallest absolute Gasteiger partial charge is 0.290 e. The van der Waals surface area contributed by atoms with Crippen LogP contribution < -0.4 is 0 Å². The van der Waals surface area contributed by atoms with E-state index < -0.39 is 0 Å². The van der Waals surface area contributed by atoms with Crippen LogP contribution in [-0.2, 0) is 19.5 Å². The van der Waals surface area contributed by atoms with Crippen LogP contribution in [0.3, 0.4) is 0 Å². The van der Waals surface area contributed by atoms with E-state index >= 15 is 0 Å². The van der Waals surface area contributed by atoms with Crippen molar-refractivity contribution in [2.45, 2.75) is 38.9 Å². The van der Waals surface area contributed by atoms with Crippen LogP contribution in [0.1, 0.15) is 51.0 Å². The van der Waals surface area contributed by atoms with Crippen molar-refractivity contribution in [2.24, 2.45) is 0 Å². The summed E-state index contributed by atoms with van der Waals surface area (Å²) in [5.41, 5.74) is 4.90. The Labute approximate surface area is 181 Å². The van der Waals surface area contributed by atoms with Gasteiger partial charge in [0.15, 0.2) is 5.76 Å². The Balaban J connectivity index is 1.44. The molecule has 0 aliphatic heterocycles. The molecule has 0 bridgehead atoms. The maximum Gasteiger partial charge on any atom is 0.290 e. The first-order chi connectivity index (χ1) is 15.2. The maximum absolute atomic E-state index is 13.6. The third-order valence-electron chi connectivity index (χ3n) is 5.96. The summed E-state index contributed by atoms with van der Waals surface area (Å²) in [5, 5.41) is 4.21. The minimum atomic E-state index is -0.0750. The fourth-order valence-electron chi connectivity index (χ4n) is 4.35. The summed E-state index contributed by atoms with van der Waals surface area (Å²) in [6.45, 7) is 3.13. The van der Waals surface area contributed by atoms with E-state index in [2.05, 4.69) is 60.6 Å². The van der Waals surface area contributed by atoms with Gasteiger partial charge in [0.2, 0.25) is 0 Å². The molecule has 0 fully saturated rings. The topological polar surface area (TPSA) is 51.3 Å². The summed E-state index contributed by atoms with van der Waals surface area (Å²) in [7, 11) is 0. The third kappa shape index (κ3) is 4.04. The molecule has 5 heteroatoms.